The van der Waals surface area contributed by atoms with Gasteiger partial charge in [0.15, 0.2) is 0 Å². The van der Waals surface area contributed by atoms with E-state index in [-0.39, 0.29) is 17.3 Å². The highest BCUT2D eigenvalue weighted by Crippen LogP contribution is 2.08. The summed E-state index contributed by atoms with van der Waals surface area (Å²) in [6, 6.07) is 14.4. The van der Waals surface area contributed by atoms with Gasteiger partial charge in [-0.1, -0.05) is 31.5 Å². The van der Waals surface area contributed by atoms with Gasteiger partial charge in [0.25, 0.3) is 0 Å². The number of carbonyl (C=O) groups is 2. The minimum Gasteiger partial charge on any atom is -0.508 e. The molecule has 0 atom stereocenters. The summed E-state index contributed by atoms with van der Waals surface area (Å²) in [5.74, 6) is -1.14. The van der Waals surface area contributed by atoms with Crippen LogP contribution in [-0.2, 0) is 4.74 Å². The van der Waals surface area contributed by atoms with Crippen LogP contribution in [0, 0.1) is 0 Å². The minimum atomic E-state index is -0.986. The van der Waals surface area contributed by atoms with Crippen molar-refractivity contribution in [1.82, 2.24) is 0 Å². The first kappa shape index (κ1) is 18.2. The SMILES string of the molecule is CCCCOC(=O)c1ccccc1.O=C(O)c1ccc(O)cc1. The van der Waals surface area contributed by atoms with Gasteiger partial charge >= 0.3 is 11.9 Å². The Morgan fingerprint density at radius 3 is 2.09 bits per heavy atom. The minimum absolute atomic E-state index is 0.0741. The standard InChI is InChI=1S/C11H14O2.C7H6O3/c1-2-3-9-13-11(12)10-7-5-4-6-8-10;8-6-3-1-5(2-4-6)7(9)10/h4-8H,2-3,9H2,1H3;1-4,8H,(H,9,10). The lowest BCUT2D eigenvalue weighted by Gasteiger charge is -2.02. The average molecular weight is 316 g/mol. The highest BCUT2D eigenvalue weighted by Gasteiger charge is 2.04. The van der Waals surface area contributed by atoms with Gasteiger partial charge < -0.3 is 14.9 Å². The van der Waals surface area contributed by atoms with Crippen molar-refractivity contribution >= 4 is 11.9 Å². The maximum atomic E-state index is 11.3. The molecular formula is C18H20O5. The quantitative estimate of drug-likeness (QED) is 0.648. The lowest BCUT2D eigenvalue weighted by Crippen LogP contribution is -2.05. The molecule has 0 aliphatic carbocycles. The summed E-state index contributed by atoms with van der Waals surface area (Å²) in [7, 11) is 0. The van der Waals surface area contributed by atoms with Gasteiger partial charge in [0.2, 0.25) is 0 Å². The monoisotopic (exact) mass is 316 g/mol. The fraction of sp³-hybridized carbons (Fsp3) is 0.222. The summed E-state index contributed by atoms with van der Waals surface area (Å²) < 4.78 is 5.03. The van der Waals surface area contributed by atoms with Crippen LogP contribution in [0.4, 0.5) is 0 Å². The van der Waals surface area contributed by atoms with E-state index < -0.39 is 5.97 Å². The molecule has 23 heavy (non-hydrogen) atoms. The Morgan fingerprint density at radius 1 is 0.957 bits per heavy atom. The second-order valence-electron chi connectivity index (χ2n) is 4.71. The zero-order valence-electron chi connectivity index (χ0n) is 12.9. The summed E-state index contributed by atoms with van der Waals surface area (Å²) in [5.41, 5.74) is 0.802. The van der Waals surface area contributed by atoms with Crippen LogP contribution in [0.5, 0.6) is 5.75 Å². The normalized spacial score (nSPS) is 9.43. The van der Waals surface area contributed by atoms with Crippen LogP contribution in [0.1, 0.15) is 40.5 Å². The van der Waals surface area contributed by atoms with Crippen molar-refractivity contribution in [3.63, 3.8) is 0 Å². The third-order valence-electron chi connectivity index (χ3n) is 2.85. The number of carboxylic acid groups (broad SMARTS) is 1. The molecule has 122 valence electrons. The van der Waals surface area contributed by atoms with E-state index in [1.807, 2.05) is 18.2 Å². The molecule has 0 amide bonds. The van der Waals surface area contributed by atoms with E-state index in [2.05, 4.69) is 6.92 Å². The molecule has 0 spiro atoms. The van der Waals surface area contributed by atoms with Crippen molar-refractivity contribution in [2.24, 2.45) is 0 Å². The Morgan fingerprint density at radius 2 is 1.57 bits per heavy atom. The molecule has 0 saturated carbocycles. The zero-order chi connectivity index (χ0) is 17.1. The first-order valence-electron chi connectivity index (χ1n) is 7.29. The van der Waals surface area contributed by atoms with Crippen molar-refractivity contribution in [3.05, 3.63) is 65.7 Å². The number of phenolic OH excluding ortho intramolecular Hbond substituents is 1. The maximum Gasteiger partial charge on any atom is 0.338 e. The van der Waals surface area contributed by atoms with Crippen LogP contribution in [0.2, 0.25) is 0 Å². The van der Waals surface area contributed by atoms with Crippen molar-refractivity contribution in [1.29, 1.82) is 0 Å². The number of rotatable bonds is 5. The van der Waals surface area contributed by atoms with Crippen LogP contribution in [-0.4, -0.2) is 28.8 Å². The summed E-state index contributed by atoms with van der Waals surface area (Å²) in [6.45, 7) is 2.58. The fourth-order valence-corrected chi connectivity index (χ4v) is 1.57. The van der Waals surface area contributed by atoms with Gasteiger partial charge in [-0.3, -0.25) is 0 Å². The third-order valence-corrected chi connectivity index (χ3v) is 2.85. The Kier molecular flexibility index (Phi) is 7.92. The number of esters is 1. The summed E-state index contributed by atoms with van der Waals surface area (Å²) in [5, 5.41) is 17.1. The largest absolute Gasteiger partial charge is 0.508 e. The Balaban J connectivity index is 0.000000238. The number of unbranched alkanes of at least 4 members (excludes halogenated alkanes) is 1. The molecule has 0 aliphatic heterocycles. The molecule has 0 radical (unpaired) electrons. The summed E-state index contributed by atoms with van der Waals surface area (Å²) in [4.78, 5) is 21.5. The number of carbonyl (C=O) groups excluding carboxylic acids is 1. The van der Waals surface area contributed by atoms with Crippen LogP contribution >= 0.6 is 0 Å². The first-order valence-corrected chi connectivity index (χ1v) is 7.29. The Bertz CT molecular complexity index is 605. The Labute approximate surface area is 135 Å². The number of hydrogen-bond donors (Lipinski definition) is 2. The number of carboxylic acids is 1. The van der Waals surface area contributed by atoms with Gasteiger partial charge in [0.1, 0.15) is 5.75 Å². The van der Waals surface area contributed by atoms with Crippen LogP contribution in [0.15, 0.2) is 54.6 Å². The number of phenols is 1. The molecule has 2 aromatic carbocycles. The number of ether oxygens (including phenoxy) is 1. The van der Waals surface area contributed by atoms with E-state index in [1.165, 1.54) is 24.3 Å². The molecule has 0 aromatic heterocycles. The van der Waals surface area contributed by atoms with Gasteiger partial charge in [0.05, 0.1) is 17.7 Å². The molecule has 5 heteroatoms. The van der Waals surface area contributed by atoms with Crippen LogP contribution in [0.25, 0.3) is 0 Å². The predicted molar refractivity (Wildman–Crippen MR) is 86.7 cm³/mol. The highest BCUT2D eigenvalue weighted by atomic mass is 16.5. The molecular weight excluding hydrogens is 296 g/mol. The lowest BCUT2D eigenvalue weighted by molar-refractivity contribution is 0.0499. The molecule has 0 aliphatic rings. The van der Waals surface area contributed by atoms with Crippen molar-refractivity contribution in [2.45, 2.75) is 19.8 Å². The Hall–Kier alpha value is -2.82. The molecule has 0 bridgehead atoms. The molecule has 0 saturated heterocycles. The van der Waals surface area contributed by atoms with Crippen LogP contribution in [0.3, 0.4) is 0 Å². The first-order chi connectivity index (χ1) is 11.0. The second-order valence-corrected chi connectivity index (χ2v) is 4.71. The van der Waals surface area contributed by atoms with Gasteiger partial charge in [-0.05, 0) is 42.8 Å². The van der Waals surface area contributed by atoms with Crippen LogP contribution < -0.4 is 0 Å². The molecule has 0 heterocycles. The van der Waals surface area contributed by atoms with Crippen molar-refractivity contribution in [2.75, 3.05) is 6.61 Å². The van der Waals surface area contributed by atoms with E-state index in [4.69, 9.17) is 14.9 Å². The van der Waals surface area contributed by atoms with Gasteiger partial charge in [-0.2, -0.15) is 0 Å². The second kappa shape index (κ2) is 10.00. The zero-order valence-corrected chi connectivity index (χ0v) is 12.9. The average Bonchev–Trinajstić information content (AvgIpc) is 2.57. The molecule has 2 N–H and O–H groups in total. The van der Waals surface area contributed by atoms with E-state index in [0.717, 1.165) is 12.8 Å². The molecule has 2 rings (SSSR count). The van der Waals surface area contributed by atoms with E-state index in [0.29, 0.717) is 12.2 Å². The molecule has 0 fully saturated rings. The molecule has 5 nitrogen and oxygen atoms in total. The van der Waals surface area contributed by atoms with Gasteiger partial charge in [-0.25, -0.2) is 9.59 Å². The summed E-state index contributed by atoms with van der Waals surface area (Å²) in [6.07, 6.45) is 1.97. The number of aromatic carboxylic acids is 1. The fourth-order valence-electron chi connectivity index (χ4n) is 1.57. The van der Waals surface area contributed by atoms with E-state index >= 15 is 0 Å². The summed E-state index contributed by atoms with van der Waals surface area (Å²) >= 11 is 0. The van der Waals surface area contributed by atoms with Gasteiger partial charge in [0, 0.05) is 0 Å². The highest BCUT2D eigenvalue weighted by molar-refractivity contribution is 5.89. The van der Waals surface area contributed by atoms with Crippen molar-refractivity contribution < 1.29 is 24.5 Å². The third kappa shape index (κ3) is 7.13. The molecule has 2 aromatic rings. The lowest BCUT2D eigenvalue weighted by atomic mass is 10.2. The maximum absolute atomic E-state index is 11.3. The molecule has 0 unspecified atom stereocenters. The topological polar surface area (TPSA) is 83.8 Å². The smallest absolute Gasteiger partial charge is 0.338 e. The van der Waals surface area contributed by atoms with E-state index in [1.54, 1.807) is 12.1 Å². The van der Waals surface area contributed by atoms with E-state index in [9.17, 15) is 9.59 Å². The number of aromatic hydroxyl groups is 1. The van der Waals surface area contributed by atoms with Gasteiger partial charge in [-0.15, -0.1) is 0 Å². The van der Waals surface area contributed by atoms with Crippen molar-refractivity contribution in [3.8, 4) is 5.75 Å². The number of hydrogen-bond acceptors (Lipinski definition) is 4. The predicted octanol–water partition coefficient (Wildman–Crippen LogP) is 3.73. The number of benzene rings is 2.